The van der Waals surface area contributed by atoms with Crippen LogP contribution in [0.25, 0.3) is 0 Å². The molecule has 0 spiro atoms. The molecule has 0 saturated carbocycles. The number of hydrogen-bond acceptors (Lipinski definition) is 6. The van der Waals surface area contributed by atoms with Crippen molar-refractivity contribution in [3.8, 4) is 0 Å². The van der Waals surface area contributed by atoms with E-state index in [2.05, 4.69) is 30.6 Å². The molecule has 0 saturated heterocycles. The summed E-state index contributed by atoms with van der Waals surface area (Å²) < 4.78 is 26.8. The summed E-state index contributed by atoms with van der Waals surface area (Å²) in [5, 5.41) is 8.61. The van der Waals surface area contributed by atoms with Gasteiger partial charge in [-0.15, -0.1) is 0 Å². The topological polar surface area (TPSA) is 109 Å². The van der Waals surface area contributed by atoms with Crippen LogP contribution in [0.5, 0.6) is 0 Å². The normalized spacial score (nSPS) is 11.2. The van der Waals surface area contributed by atoms with Gasteiger partial charge in [0.25, 0.3) is 10.0 Å². The predicted octanol–water partition coefficient (Wildman–Crippen LogP) is 1.80. The van der Waals surface area contributed by atoms with E-state index in [1.807, 2.05) is 0 Å². The van der Waals surface area contributed by atoms with Gasteiger partial charge in [0.05, 0.1) is 15.5 Å². The van der Waals surface area contributed by atoms with Gasteiger partial charge in [0.1, 0.15) is 0 Å². The van der Waals surface area contributed by atoms with Crippen LogP contribution in [0.3, 0.4) is 0 Å². The number of thiazole rings is 1. The van der Waals surface area contributed by atoms with Crippen molar-refractivity contribution in [3.05, 3.63) is 33.9 Å². The Bertz CT molecular complexity index is 711. The summed E-state index contributed by atoms with van der Waals surface area (Å²) >= 11 is 4.27. The van der Waals surface area contributed by atoms with E-state index >= 15 is 0 Å². The minimum atomic E-state index is -3.87. The monoisotopic (exact) mass is 363 g/mol. The fourth-order valence-corrected chi connectivity index (χ4v) is 3.41. The molecule has 0 atom stereocenters. The van der Waals surface area contributed by atoms with E-state index in [1.54, 1.807) is 0 Å². The number of carbonyl (C=O) groups is 1. The molecule has 2 rings (SSSR count). The number of rotatable bonds is 4. The average Bonchev–Trinajstić information content (AvgIpc) is 2.74. The van der Waals surface area contributed by atoms with Crippen LogP contribution in [0.1, 0.15) is 10.4 Å². The Balaban J connectivity index is 2.26. The van der Waals surface area contributed by atoms with Crippen molar-refractivity contribution in [2.45, 2.75) is 5.03 Å². The molecule has 10 heteroatoms. The second-order valence-corrected chi connectivity index (χ2v) is 7.30. The van der Waals surface area contributed by atoms with Crippen LogP contribution in [0.4, 0.5) is 5.13 Å². The van der Waals surface area contributed by atoms with Gasteiger partial charge >= 0.3 is 5.97 Å². The maximum absolute atomic E-state index is 11.9. The number of anilines is 1. The van der Waals surface area contributed by atoms with Gasteiger partial charge in [-0.05, 0) is 28.1 Å². The third-order valence-electron chi connectivity index (χ3n) is 1.96. The summed E-state index contributed by atoms with van der Waals surface area (Å²) in [6.07, 6.45) is 2.44. The highest BCUT2D eigenvalue weighted by Crippen LogP contribution is 2.25. The van der Waals surface area contributed by atoms with E-state index in [1.165, 1.54) is 12.3 Å². The van der Waals surface area contributed by atoms with Gasteiger partial charge < -0.3 is 5.11 Å². The van der Waals surface area contributed by atoms with E-state index in [9.17, 15) is 13.2 Å². The largest absolute Gasteiger partial charge is 0.478 e. The van der Waals surface area contributed by atoms with Crippen LogP contribution >= 0.6 is 27.3 Å². The number of carboxylic acids is 1. The zero-order valence-electron chi connectivity index (χ0n) is 9.07. The van der Waals surface area contributed by atoms with Crippen LogP contribution in [0, 0.1) is 0 Å². The van der Waals surface area contributed by atoms with Crippen LogP contribution in [-0.4, -0.2) is 29.5 Å². The minimum Gasteiger partial charge on any atom is -0.478 e. The van der Waals surface area contributed by atoms with Crippen molar-refractivity contribution in [3.63, 3.8) is 0 Å². The molecular formula is C9H6BrN3O4S2. The number of pyridine rings is 1. The Labute approximate surface area is 120 Å². The Morgan fingerprint density at radius 1 is 1.32 bits per heavy atom. The molecule has 2 aromatic heterocycles. The molecule has 0 aliphatic heterocycles. The molecule has 2 aromatic rings. The van der Waals surface area contributed by atoms with Crippen molar-refractivity contribution < 1.29 is 18.3 Å². The number of hydrogen-bond donors (Lipinski definition) is 2. The van der Waals surface area contributed by atoms with Crippen molar-refractivity contribution in [1.82, 2.24) is 9.97 Å². The standard InChI is InChI=1S/C9H6BrN3O4S2/c10-6-4-12-9(18-6)13-19(16,17)7-2-1-5(3-11-7)8(14)15/h1-4H,(H,12,13)(H,14,15). The molecule has 7 nitrogen and oxygen atoms in total. The van der Waals surface area contributed by atoms with Crippen molar-refractivity contribution in [2.75, 3.05) is 4.72 Å². The van der Waals surface area contributed by atoms with Gasteiger partial charge in [0.2, 0.25) is 0 Å². The molecule has 2 N–H and O–H groups in total. The van der Waals surface area contributed by atoms with Crippen molar-refractivity contribution in [1.29, 1.82) is 0 Å². The lowest BCUT2D eigenvalue weighted by atomic mass is 10.3. The van der Waals surface area contributed by atoms with E-state index in [0.717, 1.165) is 23.6 Å². The number of aromatic carboxylic acids is 1. The van der Waals surface area contributed by atoms with Gasteiger partial charge in [-0.1, -0.05) is 11.3 Å². The van der Waals surface area contributed by atoms with Gasteiger partial charge in [0.15, 0.2) is 10.2 Å². The van der Waals surface area contributed by atoms with Crippen molar-refractivity contribution >= 4 is 48.4 Å². The number of nitrogens with zero attached hydrogens (tertiary/aromatic N) is 2. The summed E-state index contributed by atoms with van der Waals surface area (Å²) in [5.41, 5.74) is -0.0871. The minimum absolute atomic E-state index is 0.0871. The lowest BCUT2D eigenvalue weighted by molar-refractivity contribution is 0.0696. The third kappa shape index (κ3) is 3.28. The molecule has 100 valence electrons. The highest BCUT2D eigenvalue weighted by atomic mass is 79.9. The number of nitrogens with one attached hydrogen (secondary N) is 1. The van der Waals surface area contributed by atoms with Gasteiger partial charge in [-0.3, -0.25) is 4.72 Å². The number of carboxylic acid groups (broad SMARTS) is 1. The molecule has 19 heavy (non-hydrogen) atoms. The number of sulfonamides is 1. The SMILES string of the molecule is O=C(O)c1ccc(S(=O)(=O)Nc2ncc(Br)s2)nc1. The van der Waals surface area contributed by atoms with Gasteiger partial charge in [0, 0.05) is 6.20 Å². The van der Waals surface area contributed by atoms with Gasteiger partial charge in [-0.2, -0.15) is 8.42 Å². The predicted molar refractivity (Wildman–Crippen MR) is 71.8 cm³/mol. The highest BCUT2D eigenvalue weighted by molar-refractivity contribution is 9.11. The molecule has 0 bridgehead atoms. The second-order valence-electron chi connectivity index (χ2n) is 3.27. The zero-order valence-corrected chi connectivity index (χ0v) is 12.3. The molecule has 0 aliphatic carbocycles. The Kier molecular flexibility index (Phi) is 3.83. The lowest BCUT2D eigenvalue weighted by Gasteiger charge is -2.04. The summed E-state index contributed by atoms with van der Waals surface area (Å²) in [5.74, 6) is -1.17. The maximum atomic E-state index is 11.9. The molecule has 0 amide bonds. The van der Waals surface area contributed by atoms with Crippen LogP contribution < -0.4 is 4.72 Å². The smallest absolute Gasteiger partial charge is 0.337 e. The van der Waals surface area contributed by atoms with E-state index in [0.29, 0.717) is 3.79 Å². The summed E-state index contributed by atoms with van der Waals surface area (Å²) in [7, 11) is -3.87. The van der Waals surface area contributed by atoms with Crippen LogP contribution in [0.15, 0.2) is 33.3 Å². The fraction of sp³-hybridized carbons (Fsp3) is 0. The third-order valence-corrected chi connectivity index (χ3v) is 4.73. The summed E-state index contributed by atoms with van der Waals surface area (Å²) in [4.78, 5) is 18.1. The van der Waals surface area contributed by atoms with Crippen molar-refractivity contribution in [2.24, 2.45) is 0 Å². The molecule has 0 radical (unpaired) electrons. The highest BCUT2D eigenvalue weighted by Gasteiger charge is 2.18. The van der Waals surface area contributed by atoms with Crippen LogP contribution in [0.2, 0.25) is 0 Å². The summed E-state index contributed by atoms with van der Waals surface area (Å²) in [6.45, 7) is 0. The molecule has 0 unspecified atom stereocenters. The number of halogens is 1. The quantitative estimate of drug-likeness (QED) is 0.856. The van der Waals surface area contributed by atoms with Crippen LogP contribution in [-0.2, 0) is 10.0 Å². The van der Waals surface area contributed by atoms with Gasteiger partial charge in [-0.25, -0.2) is 14.8 Å². The molecular weight excluding hydrogens is 358 g/mol. The Morgan fingerprint density at radius 2 is 2.05 bits per heavy atom. The first-order valence-electron chi connectivity index (χ1n) is 4.72. The molecule has 2 heterocycles. The van der Waals surface area contributed by atoms with E-state index in [4.69, 9.17) is 5.11 Å². The first kappa shape index (κ1) is 13.9. The number of aromatic nitrogens is 2. The lowest BCUT2D eigenvalue weighted by Crippen LogP contribution is -2.14. The first-order valence-corrected chi connectivity index (χ1v) is 7.81. The van der Waals surface area contributed by atoms with E-state index in [-0.39, 0.29) is 15.7 Å². The van der Waals surface area contributed by atoms with E-state index < -0.39 is 16.0 Å². The molecule has 0 aliphatic rings. The first-order chi connectivity index (χ1) is 8.88. The fourth-order valence-electron chi connectivity index (χ4n) is 1.13. The zero-order chi connectivity index (χ0) is 14.0. The Morgan fingerprint density at radius 3 is 2.53 bits per heavy atom. The second kappa shape index (κ2) is 5.23. The molecule has 0 fully saturated rings. The maximum Gasteiger partial charge on any atom is 0.337 e. The molecule has 0 aromatic carbocycles. The average molecular weight is 364 g/mol. The summed E-state index contributed by atoms with van der Waals surface area (Å²) in [6, 6.07) is 2.29. The Hall–Kier alpha value is -1.52.